The molecule has 0 spiro atoms. The molecule has 0 N–H and O–H groups in total. The molecule has 1 aromatic carbocycles. The van der Waals surface area contributed by atoms with Crippen molar-refractivity contribution in [2.45, 2.75) is 19.8 Å². The van der Waals surface area contributed by atoms with Gasteiger partial charge < -0.3 is 9.42 Å². The van der Waals surface area contributed by atoms with Gasteiger partial charge in [0.1, 0.15) is 0 Å². The molecule has 1 aliphatic heterocycles. The van der Waals surface area contributed by atoms with Gasteiger partial charge in [-0.25, -0.2) is 0 Å². The van der Waals surface area contributed by atoms with E-state index in [0.717, 1.165) is 60.5 Å². The predicted octanol–water partition coefficient (Wildman–Crippen LogP) is 4.26. The number of amides is 1. The van der Waals surface area contributed by atoms with Crippen molar-refractivity contribution in [1.29, 1.82) is 0 Å². The van der Waals surface area contributed by atoms with Gasteiger partial charge in [0.05, 0.1) is 9.35 Å². The van der Waals surface area contributed by atoms with E-state index in [1.165, 1.54) is 5.56 Å². The maximum atomic E-state index is 12.5. The molecule has 3 heterocycles. The highest BCUT2D eigenvalue weighted by Crippen LogP contribution is 2.22. The Morgan fingerprint density at radius 1 is 1.21 bits per heavy atom. The molecule has 4 rings (SSSR count). The molecule has 152 valence electrons. The number of carbonyl (C=O) groups is 1. The number of halogens is 1. The number of carbonyl (C=O) groups excluding carboxylic acids is 1. The first-order valence-corrected chi connectivity index (χ1v) is 11.4. The van der Waals surface area contributed by atoms with Crippen LogP contribution in [0.2, 0.25) is 0 Å². The minimum atomic E-state index is 0.126. The van der Waals surface area contributed by atoms with E-state index < -0.39 is 0 Å². The Balaban J connectivity index is 1.21. The minimum Gasteiger partial charge on any atom is -0.339 e. The van der Waals surface area contributed by atoms with Crippen LogP contribution in [0.3, 0.4) is 0 Å². The Bertz CT molecular complexity index is 961. The van der Waals surface area contributed by atoms with Crippen LogP contribution in [0.4, 0.5) is 0 Å². The number of nitrogens with zero attached hydrogens (tertiary/aromatic N) is 4. The highest BCUT2D eigenvalue weighted by Gasteiger charge is 2.22. The molecule has 1 fully saturated rings. The second kappa shape index (κ2) is 9.19. The van der Waals surface area contributed by atoms with Gasteiger partial charge >= 0.3 is 0 Å². The van der Waals surface area contributed by atoms with Crippen LogP contribution in [0.5, 0.6) is 0 Å². The van der Waals surface area contributed by atoms with E-state index in [1.807, 2.05) is 40.6 Å². The summed E-state index contributed by atoms with van der Waals surface area (Å²) in [5.74, 6) is 1.45. The zero-order valence-electron chi connectivity index (χ0n) is 16.3. The number of hydrogen-bond acceptors (Lipinski definition) is 6. The van der Waals surface area contributed by atoms with Crippen LogP contribution in [-0.4, -0.2) is 58.6 Å². The quantitative estimate of drug-likeness (QED) is 0.533. The fourth-order valence-electron chi connectivity index (χ4n) is 3.41. The average molecular weight is 475 g/mol. The summed E-state index contributed by atoms with van der Waals surface area (Å²) in [5.41, 5.74) is 2.96. The topological polar surface area (TPSA) is 62.5 Å². The second-order valence-electron chi connectivity index (χ2n) is 7.25. The van der Waals surface area contributed by atoms with Gasteiger partial charge in [-0.05, 0) is 41.9 Å². The van der Waals surface area contributed by atoms with Crippen LogP contribution < -0.4 is 0 Å². The first kappa shape index (κ1) is 20.3. The van der Waals surface area contributed by atoms with Crippen LogP contribution >= 0.6 is 27.3 Å². The third kappa shape index (κ3) is 5.12. The molecule has 0 unspecified atom stereocenters. The molecule has 2 aromatic heterocycles. The van der Waals surface area contributed by atoms with Crippen LogP contribution in [0.1, 0.15) is 28.2 Å². The Labute approximate surface area is 182 Å². The van der Waals surface area contributed by atoms with Gasteiger partial charge in [0.15, 0.2) is 0 Å². The molecular weight excluding hydrogens is 452 g/mol. The van der Waals surface area contributed by atoms with Crippen molar-refractivity contribution in [2.75, 3.05) is 32.7 Å². The SMILES string of the molecule is Cc1ccc(-c2noc(CCCN3CCN(C(=O)c4csc(Br)c4)CC3)n2)cc1. The molecule has 0 bridgehead atoms. The van der Waals surface area contributed by atoms with Gasteiger partial charge in [0.25, 0.3) is 5.91 Å². The summed E-state index contributed by atoms with van der Waals surface area (Å²) < 4.78 is 6.39. The summed E-state index contributed by atoms with van der Waals surface area (Å²) in [7, 11) is 0. The van der Waals surface area contributed by atoms with E-state index in [1.54, 1.807) is 11.3 Å². The van der Waals surface area contributed by atoms with E-state index in [2.05, 4.69) is 37.9 Å². The molecule has 0 aliphatic carbocycles. The third-order valence-corrected chi connectivity index (χ3v) is 6.62. The van der Waals surface area contributed by atoms with E-state index in [9.17, 15) is 4.79 Å². The van der Waals surface area contributed by atoms with Crippen molar-refractivity contribution in [2.24, 2.45) is 0 Å². The monoisotopic (exact) mass is 474 g/mol. The second-order valence-corrected chi connectivity index (χ2v) is 9.55. The lowest BCUT2D eigenvalue weighted by atomic mass is 10.1. The standard InChI is InChI=1S/C21H23BrN4O2S/c1-15-4-6-16(7-5-15)20-23-19(28-24-20)3-2-8-25-9-11-26(12-10-25)21(27)17-13-18(22)29-14-17/h4-7,13-14H,2-3,8-12H2,1H3. The predicted molar refractivity (Wildman–Crippen MR) is 117 cm³/mol. The van der Waals surface area contributed by atoms with E-state index in [-0.39, 0.29) is 5.91 Å². The lowest BCUT2D eigenvalue weighted by Crippen LogP contribution is -2.48. The lowest BCUT2D eigenvalue weighted by Gasteiger charge is -2.34. The summed E-state index contributed by atoms with van der Waals surface area (Å²) >= 11 is 4.97. The van der Waals surface area contributed by atoms with Crippen molar-refractivity contribution in [3.8, 4) is 11.4 Å². The summed E-state index contributed by atoms with van der Waals surface area (Å²) in [6.45, 7) is 6.36. The molecule has 1 amide bonds. The zero-order valence-corrected chi connectivity index (χ0v) is 18.7. The van der Waals surface area contributed by atoms with Crippen LogP contribution in [-0.2, 0) is 6.42 Å². The summed E-state index contributed by atoms with van der Waals surface area (Å²) in [6, 6.07) is 10.0. The maximum absolute atomic E-state index is 12.5. The Morgan fingerprint density at radius 2 is 1.97 bits per heavy atom. The van der Waals surface area contributed by atoms with Gasteiger partial charge in [-0.2, -0.15) is 4.98 Å². The summed E-state index contributed by atoms with van der Waals surface area (Å²) in [6.07, 6.45) is 1.72. The maximum Gasteiger partial charge on any atom is 0.254 e. The Kier molecular flexibility index (Phi) is 6.42. The minimum absolute atomic E-state index is 0.126. The van der Waals surface area contributed by atoms with E-state index in [0.29, 0.717) is 11.7 Å². The molecule has 1 saturated heterocycles. The molecule has 0 atom stereocenters. The number of rotatable bonds is 6. The van der Waals surface area contributed by atoms with Crippen molar-refractivity contribution in [3.05, 3.63) is 56.5 Å². The average Bonchev–Trinajstić information content (AvgIpc) is 3.38. The van der Waals surface area contributed by atoms with Crippen LogP contribution in [0, 0.1) is 6.92 Å². The number of aromatic nitrogens is 2. The fraction of sp³-hybridized carbons (Fsp3) is 0.381. The number of aryl methyl sites for hydroxylation is 2. The van der Waals surface area contributed by atoms with Crippen LogP contribution in [0.15, 0.2) is 44.0 Å². The highest BCUT2D eigenvalue weighted by atomic mass is 79.9. The number of piperazine rings is 1. The summed E-state index contributed by atoms with van der Waals surface area (Å²) in [5, 5.41) is 6.01. The van der Waals surface area contributed by atoms with Crippen molar-refractivity contribution in [3.63, 3.8) is 0 Å². The zero-order chi connectivity index (χ0) is 20.2. The lowest BCUT2D eigenvalue weighted by molar-refractivity contribution is 0.0636. The van der Waals surface area contributed by atoms with Gasteiger partial charge in [-0.15, -0.1) is 11.3 Å². The van der Waals surface area contributed by atoms with Gasteiger partial charge in [-0.3, -0.25) is 9.69 Å². The Hall–Kier alpha value is -2.03. The smallest absolute Gasteiger partial charge is 0.254 e. The third-order valence-electron chi connectivity index (χ3n) is 5.12. The van der Waals surface area contributed by atoms with Gasteiger partial charge in [0, 0.05) is 43.5 Å². The molecule has 8 heteroatoms. The molecule has 3 aromatic rings. The number of hydrogen-bond donors (Lipinski definition) is 0. The normalized spacial score (nSPS) is 15.0. The fourth-order valence-corrected chi connectivity index (χ4v) is 4.54. The number of benzene rings is 1. The van der Waals surface area contributed by atoms with Crippen molar-refractivity contribution >= 4 is 33.2 Å². The molecule has 6 nitrogen and oxygen atoms in total. The molecule has 29 heavy (non-hydrogen) atoms. The number of thiophene rings is 1. The molecule has 0 radical (unpaired) electrons. The van der Waals surface area contributed by atoms with Crippen LogP contribution in [0.25, 0.3) is 11.4 Å². The van der Waals surface area contributed by atoms with E-state index in [4.69, 9.17) is 4.52 Å². The molecule has 0 saturated carbocycles. The highest BCUT2D eigenvalue weighted by molar-refractivity contribution is 9.11. The first-order valence-electron chi connectivity index (χ1n) is 9.74. The van der Waals surface area contributed by atoms with Crippen molar-refractivity contribution < 1.29 is 9.32 Å². The Morgan fingerprint density at radius 3 is 2.66 bits per heavy atom. The van der Waals surface area contributed by atoms with E-state index >= 15 is 0 Å². The molecule has 1 aliphatic rings. The van der Waals surface area contributed by atoms with Crippen molar-refractivity contribution in [1.82, 2.24) is 19.9 Å². The van der Waals surface area contributed by atoms with Gasteiger partial charge in [0.2, 0.25) is 11.7 Å². The summed E-state index contributed by atoms with van der Waals surface area (Å²) in [4.78, 5) is 21.4. The largest absolute Gasteiger partial charge is 0.339 e. The molecular formula is C21H23BrN4O2S. The van der Waals surface area contributed by atoms with Gasteiger partial charge in [-0.1, -0.05) is 35.0 Å². The first-order chi connectivity index (χ1) is 14.1.